The Bertz CT molecular complexity index is 443. The Balaban J connectivity index is 1.54. The fourth-order valence-electron chi connectivity index (χ4n) is 3.14. The van der Waals surface area contributed by atoms with Gasteiger partial charge in [0.2, 0.25) is 17.7 Å². The van der Waals surface area contributed by atoms with Crippen LogP contribution >= 0.6 is 11.8 Å². The van der Waals surface area contributed by atoms with Crippen LogP contribution < -0.4 is 5.32 Å². The molecule has 3 aliphatic rings. The molecule has 7 heteroatoms. The van der Waals surface area contributed by atoms with Gasteiger partial charge in [-0.1, -0.05) is 0 Å². The van der Waals surface area contributed by atoms with Crippen LogP contribution in [0.15, 0.2) is 0 Å². The molecule has 3 aliphatic heterocycles. The lowest BCUT2D eigenvalue weighted by Gasteiger charge is -2.41. The van der Waals surface area contributed by atoms with Gasteiger partial charge in [0.25, 0.3) is 0 Å². The number of carbonyl (C=O) groups is 3. The van der Waals surface area contributed by atoms with Gasteiger partial charge in [0, 0.05) is 25.6 Å². The lowest BCUT2D eigenvalue weighted by atomic mass is 9.85. The van der Waals surface area contributed by atoms with E-state index in [0.29, 0.717) is 37.1 Å². The van der Waals surface area contributed by atoms with Crippen molar-refractivity contribution in [3.63, 3.8) is 0 Å². The number of hydrogen-bond acceptors (Lipinski definition) is 4. The second-order valence-electron chi connectivity index (χ2n) is 5.67. The van der Waals surface area contributed by atoms with E-state index < -0.39 is 0 Å². The molecule has 3 rings (SSSR count). The number of thioether (sulfide) groups is 1. The molecule has 0 aromatic heterocycles. The van der Waals surface area contributed by atoms with Gasteiger partial charge in [-0.3, -0.25) is 14.4 Å². The molecule has 3 saturated heterocycles. The molecule has 3 fully saturated rings. The lowest BCUT2D eigenvalue weighted by molar-refractivity contribution is -0.140. The molecule has 2 unspecified atom stereocenters. The fourth-order valence-corrected chi connectivity index (χ4v) is 4.04. The number of rotatable bonds is 2. The standard InChI is InChI=1S/C13H19N3O3S/c17-11-2-1-9-5-15(4-3-10(9)14-11)12(18)6-16-8-20-7-13(16)19/h9-10H,1-8H2,(H,14,17). The summed E-state index contributed by atoms with van der Waals surface area (Å²) in [5, 5.41) is 3.01. The van der Waals surface area contributed by atoms with Crippen molar-refractivity contribution in [2.75, 3.05) is 31.3 Å². The molecule has 1 N–H and O–H groups in total. The maximum atomic E-state index is 12.3. The van der Waals surface area contributed by atoms with Crippen LogP contribution in [0, 0.1) is 5.92 Å². The molecular formula is C13H19N3O3S. The zero-order valence-electron chi connectivity index (χ0n) is 11.3. The monoisotopic (exact) mass is 297 g/mol. The van der Waals surface area contributed by atoms with E-state index in [4.69, 9.17) is 0 Å². The van der Waals surface area contributed by atoms with Crippen molar-refractivity contribution in [1.29, 1.82) is 0 Å². The van der Waals surface area contributed by atoms with Gasteiger partial charge in [0.05, 0.1) is 11.6 Å². The van der Waals surface area contributed by atoms with Crippen molar-refractivity contribution in [3.8, 4) is 0 Å². The van der Waals surface area contributed by atoms with E-state index in [2.05, 4.69) is 5.32 Å². The van der Waals surface area contributed by atoms with E-state index in [1.165, 1.54) is 0 Å². The summed E-state index contributed by atoms with van der Waals surface area (Å²) >= 11 is 1.56. The molecule has 0 aromatic rings. The summed E-state index contributed by atoms with van der Waals surface area (Å²) in [6.07, 6.45) is 2.24. The molecule has 0 aromatic carbocycles. The quantitative estimate of drug-likeness (QED) is 0.756. The van der Waals surface area contributed by atoms with Gasteiger partial charge in [-0.2, -0.15) is 0 Å². The van der Waals surface area contributed by atoms with Crippen molar-refractivity contribution in [2.45, 2.75) is 25.3 Å². The number of nitrogens with one attached hydrogen (secondary N) is 1. The Morgan fingerprint density at radius 2 is 2.20 bits per heavy atom. The summed E-state index contributed by atoms with van der Waals surface area (Å²) in [7, 11) is 0. The van der Waals surface area contributed by atoms with E-state index in [9.17, 15) is 14.4 Å². The third kappa shape index (κ3) is 2.77. The summed E-state index contributed by atoms with van der Waals surface area (Å²) in [6.45, 7) is 1.59. The summed E-state index contributed by atoms with van der Waals surface area (Å²) in [5.74, 6) is 1.71. The zero-order chi connectivity index (χ0) is 14.1. The number of amides is 3. The fraction of sp³-hybridized carbons (Fsp3) is 0.769. The normalized spacial score (nSPS) is 30.2. The first-order chi connectivity index (χ1) is 9.63. The maximum Gasteiger partial charge on any atom is 0.242 e. The molecule has 2 atom stereocenters. The van der Waals surface area contributed by atoms with Crippen LogP contribution in [0.4, 0.5) is 0 Å². The number of likely N-dealkylation sites (tertiary alicyclic amines) is 1. The molecule has 0 spiro atoms. The average molecular weight is 297 g/mol. The molecule has 20 heavy (non-hydrogen) atoms. The molecule has 3 amide bonds. The number of piperidine rings is 2. The highest BCUT2D eigenvalue weighted by atomic mass is 32.2. The third-order valence-corrected chi connectivity index (χ3v) is 5.27. The van der Waals surface area contributed by atoms with Crippen molar-refractivity contribution in [3.05, 3.63) is 0 Å². The van der Waals surface area contributed by atoms with Crippen molar-refractivity contribution in [2.24, 2.45) is 5.92 Å². The first-order valence-corrected chi connectivity index (χ1v) is 8.21. The zero-order valence-corrected chi connectivity index (χ0v) is 12.2. The van der Waals surface area contributed by atoms with E-state index in [-0.39, 0.29) is 30.3 Å². The van der Waals surface area contributed by atoms with Crippen molar-refractivity contribution < 1.29 is 14.4 Å². The maximum absolute atomic E-state index is 12.3. The van der Waals surface area contributed by atoms with E-state index in [1.807, 2.05) is 4.90 Å². The van der Waals surface area contributed by atoms with Crippen molar-refractivity contribution in [1.82, 2.24) is 15.1 Å². The van der Waals surface area contributed by atoms with Crippen LogP contribution in [0.25, 0.3) is 0 Å². The molecule has 0 bridgehead atoms. The molecule has 0 saturated carbocycles. The van der Waals surface area contributed by atoms with E-state index in [1.54, 1.807) is 16.7 Å². The average Bonchev–Trinajstić information content (AvgIpc) is 2.83. The first kappa shape index (κ1) is 13.7. The van der Waals surface area contributed by atoms with Crippen LogP contribution in [0.2, 0.25) is 0 Å². The highest BCUT2D eigenvalue weighted by Crippen LogP contribution is 2.25. The second kappa shape index (κ2) is 5.63. The van der Waals surface area contributed by atoms with Gasteiger partial charge in [0.1, 0.15) is 6.54 Å². The van der Waals surface area contributed by atoms with E-state index >= 15 is 0 Å². The van der Waals surface area contributed by atoms with Crippen LogP contribution in [0.1, 0.15) is 19.3 Å². The van der Waals surface area contributed by atoms with E-state index in [0.717, 1.165) is 12.8 Å². The Hall–Kier alpha value is -1.24. The van der Waals surface area contributed by atoms with Crippen LogP contribution in [-0.2, 0) is 14.4 Å². The van der Waals surface area contributed by atoms with Gasteiger partial charge in [-0.15, -0.1) is 11.8 Å². The summed E-state index contributed by atoms with van der Waals surface area (Å²) in [5.41, 5.74) is 0. The van der Waals surface area contributed by atoms with Crippen molar-refractivity contribution >= 4 is 29.5 Å². The Morgan fingerprint density at radius 3 is 2.95 bits per heavy atom. The Labute approximate surface area is 122 Å². The summed E-state index contributed by atoms with van der Waals surface area (Å²) in [6, 6.07) is 0.226. The highest BCUT2D eigenvalue weighted by Gasteiger charge is 2.36. The number of nitrogens with zero attached hydrogens (tertiary/aromatic N) is 2. The van der Waals surface area contributed by atoms with Gasteiger partial charge < -0.3 is 15.1 Å². The largest absolute Gasteiger partial charge is 0.353 e. The second-order valence-corrected chi connectivity index (χ2v) is 6.63. The molecule has 110 valence electrons. The number of carbonyl (C=O) groups excluding carboxylic acids is 3. The first-order valence-electron chi connectivity index (χ1n) is 7.06. The SMILES string of the molecule is O=C1CCC2CN(C(=O)CN3CSCC3=O)CCC2N1. The highest BCUT2D eigenvalue weighted by molar-refractivity contribution is 8.00. The van der Waals surface area contributed by atoms with Gasteiger partial charge in [0.15, 0.2) is 0 Å². The van der Waals surface area contributed by atoms with Crippen LogP contribution in [0.5, 0.6) is 0 Å². The molecule has 0 radical (unpaired) electrons. The van der Waals surface area contributed by atoms with Gasteiger partial charge >= 0.3 is 0 Å². The van der Waals surface area contributed by atoms with Gasteiger partial charge in [-0.05, 0) is 18.8 Å². The smallest absolute Gasteiger partial charge is 0.242 e. The Morgan fingerprint density at radius 1 is 1.35 bits per heavy atom. The minimum absolute atomic E-state index is 0.0381. The third-order valence-electron chi connectivity index (χ3n) is 4.33. The molecular weight excluding hydrogens is 278 g/mol. The van der Waals surface area contributed by atoms with Crippen LogP contribution in [-0.4, -0.2) is 64.8 Å². The molecule has 6 nitrogen and oxygen atoms in total. The minimum atomic E-state index is 0.0381. The lowest BCUT2D eigenvalue weighted by Crippen LogP contribution is -2.56. The number of fused-ring (bicyclic) bond motifs is 1. The Kier molecular flexibility index (Phi) is 3.87. The topological polar surface area (TPSA) is 69.7 Å². The predicted octanol–water partition coefficient (Wildman–Crippen LogP) is -0.354. The van der Waals surface area contributed by atoms with Gasteiger partial charge in [-0.25, -0.2) is 0 Å². The molecule has 3 heterocycles. The predicted molar refractivity (Wildman–Crippen MR) is 74.9 cm³/mol. The summed E-state index contributed by atoms with van der Waals surface area (Å²) in [4.78, 5) is 38.7. The van der Waals surface area contributed by atoms with Crippen LogP contribution in [0.3, 0.4) is 0 Å². The molecule has 0 aliphatic carbocycles. The minimum Gasteiger partial charge on any atom is -0.353 e. The summed E-state index contributed by atoms with van der Waals surface area (Å²) < 4.78 is 0. The number of hydrogen-bond donors (Lipinski definition) is 1.